The summed E-state index contributed by atoms with van der Waals surface area (Å²) in [6, 6.07) is 13.1. The van der Waals surface area contributed by atoms with Crippen LogP contribution in [0.5, 0.6) is 5.75 Å². The second-order valence-electron chi connectivity index (χ2n) is 5.50. The number of furan rings is 1. The average molecular weight is 354 g/mol. The van der Waals surface area contributed by atoms with E-state index in [1.54, 1.807) is 25.3 Å². The van der Waals surface area contributed by atoms with Crippen LogP contribution in [0.4, 0.5) is 0 Å². The quantitative estimate of drug-likeness (QED) is 0.548. The first-order chi connectivity index (χ1) is 12.1. The normalized spacial score (nSPS) is 12.4. The van der Waals surface area contributed by atoms with Gasteiger partial charge in [0.15, 0.2) is 0 Å². The van der Waals surface area contributed by atoms with Crippen molar-refractivity contribution in [3.8, 4) is 28.3 Å². The van der Waals surface area contributed by atoms with Gasteiger partial charge in [0.2, 0.25) is 22.9 Å². The fourth-order valence-corrected chi connectivity index (χ4v) is 3.01. The Morgan fingerprint density at radius 3 is 2.48 bits per heavy atom. The van der Waals surface area contributed by atoms with Gasteiger partial charge in [0.25, 0.3) is 0 Å². The number of fused-ring (bicyclic) bond motifs is 1. The third-order valence-corrected chi connectivity index (χ3v) is 4.15. The number of hydrogen-bond acceptors (Lipinski definition) is 6. The van der Waals surface area contributed by atoms with Gasteiger partial charge < -0.3 is 13.0 Å². The van der Waals surface area contributed by atoms with Crippen LogP contribution in [0.1, 0.15) is 5.89 Å². The summed E-state index contributed by atoms with van der Waals surface area (Å²) in [5.74, 6) is 1.55. The molecule has 0 N–H and O–H groups in total. The summed E-state index contributed by atoms with van der Waals surface area (Å²) in [5.41, 5.74) is 3.51. The highest BCUT2D eigenvalue weighted by molar-refractivity contribution is 7.79. The van der Waals surface area contributed by atoms with Gasteiger partial charge in [-0.25, -0.2) is 4.21 Å². The molecule has 0 saturated heterocycles. The minimum atomic E-state index is -1.35. The minimum Gasteiger partial charge on any atom is -0.464 e. The minimum absolute atomic E-state index is 0.473. The summed E-state index contributed by atoms with van der Waals surface area (Å²) >= 11 is -1.35. The number of hydrogen-bond donors (Lipinski definition) is 0. The van der Waals surface area contributed by atoms with E-state index in [1.165, 1.54) is 6.26 Å². The van der Waals surface area contributed by atoms with Gasteiger partial charge in [0.1, 0.15) is 11.3 Å². The molecule has 7 heteroatoms. The first kappa shape index (κ1) is 15.6. The lowest BCUT2D eigenvalue weighted by Crippen LogP contribution is -1.95. The van der Waals surface area contributed by atoms with E-state index in [0.29, 0.717) is 17.5 Å². The van der Waals surface area contributed by atoms with E-state index in [2.05, 4.69) is 10.2 Å². The van der Waals surface area contributed by atoms with Crippen molar-refractivity contribution in [2.75, 3.05) is 6.26 Å². The van der Waals surface area contributed by atoms with Gasteiger partial charge >= 0.3 is 0 Å². The molecule has 0 aliphatic carbocycles. The Balaban J connectivity index is 1.75. The lowest BCUT2D eigenvalue weighted by Gasteiger charge is -2.03. The van der Waals surface area contributed by atoms with Crippen LogP contribution in [0.2, 0.25) is 0 Å². The molecule has 2 aromatic heterocycles. The first-order valence-corrected chi connectivity index (χ1v) is 9.02. The highest BCUT2D eigenvalue weighted by atomic mass is 32.2. The van der Waals surface area contributed by atoms with Crippen molar-refractivity contribution in [3.05, 3.63) is 54.6 Å². The third kappa shape index (κ3) is 3.06. The average Bonchev–Trinajstić information content (AvgIpc) is 3.21. The zero-order valence-electron chi connectivity index (χ0n) is 13.6. The lowest BCUT2D eigenvalue weighted by molar-refractivity contribution is 0.533. The van der Waals surface area contributed by atoms with E-state index in [0.717, 1.165) is 27.7 Å². The maximum atomic E-state index is 11.1. The number of rotatable bonds is 4. The highest BCUT2D eigenvalue weighted by Crippen LogP contribution is 2.34. The smallest absolute Gasteiger partial charge is 0.247 e. The molecule has 1 atom stereocenters. The molecule has 25 heavy (non-hydrogen) atoms. The molecule has 0 saturated carbocycles. The molecular formula is C18H14N2O4S. The van der Waals surface area contributed by atoms with Crippen molar-refractivity contribution < 1.29 is 17.2 Å². The molecule has 0 aliphatic rings. The summed E-state index contributed by atoms with van der Waals surface area (Å²) in [6.45, 7) is 1.76. The van der Waals surface area contributed by atoms with Gasteiger partial charge in [-0.05, 0) is 35.9 Å². The summed E-state index contributed by atoms with van der Waals surface area (Å²) in [6.07, 6.45) is 3.19. The Morgan fingerprint density at radius 2 is 1.80 bits per heavy atom. The van der Waals surface area contributed by atoms with Crippen molar-refractivity contribution in [1.82, 2.24) is 10.2 Å². The Hall–Kier alpha value is -2.93. The van der Waals surface area contributed by atoms with Crippen LogP contribution in [0.3, 0.4) is 0 Å². The van der Waals surface area contributed by atoms with Crippen molar-refractivity contribution >= 4 is 22.0 Å². The maximum absolute atomic E-state index is 11.1. The van der Waals surface area contributed by atoms with Gasteiger partial charge in [-0.3, -0.25) is 0 Å². The fraction of sp³-hybridized carbons (Fsp3) is 0.111. The molecule has 0 amide bonds. The van der Waals surface area contributed by atoms with E-state index >= 15 is 0 Å². The number of benzene rings is 2. The van der Waals surface area contributed by atoms with Gasteiger partial charge in [0.05, 0.1) is 6.26 Å². The summed E-state index contributed by atoms with van der Waals surface area (Å²) in [7, 11) is 0. The Morgan fingerprint density at radius 1 is 1.04 bits per heavy atom. The van der Waals surface area contributed by atoms with E-state index in [1.807, 2.05) is 30.3 Å². The molecule has 0 radical (unpaired) electrons. The van der Waals surface area contributed by atoms with Crippen LogP contribution >= 0.6 is 0 Å². The SMILES string of the molecule is Cc1nnc(-c2ccc3occ(-c4ccc(OS(C)=O)cc4)c3c2)o1. The molecule has 2 heterocycles. The predicted molar refractivity (Wildman–Crippen MR) is 94.4 cm³/mol. The summed E-state index contributed by atoms with van der Waals surface area (Å²) in [4.78, 5) is 0. The largest absolute Gasteiger partial charge is 0.464 e. The van der Waals surface area contributed by atoms with Crippen LogP contribution in [-0.4, -0.2) is 20.7 Å². The summed E-state index contributed by atoms with van der Waals surface area (Å²) < 4.78 is 27.4. The standard InChI is InChI=1S/C18H14N2O4S/c1-11-19-20-18(23-11)13-5-8-17-15(9-13)16(10-22-17)12-3-6-14(7-4-12)24-25(2)21/h3-10H,1-2H3. The van der Waals surface area contributed by atoms with Crippen LogP contribution in [0.15, 0.2) is 57.6 Å². The van der Waals surface area contributed by atoms with Crippen molar-refractivity contribution in [2.45, 2.75) is 6.92 Å². The lowest BCUT2D eigenvalue weighted by atomic mass is 10.0. The van der Waals surface area contributed by atoms with Crippen LogP contribution in [0, 0.1) is 6.92 Å². The second kappa shape index (κ2) is 6.18. The number of aromatic nitrogens is 2. The number of aryl methyl sites for hydroxylation is 1. The Labute approximate surface area is 146 Å². The molecule has 0 bridgehead atoms. The Kier molecular flexibility index (Phi) is 3.85. The highest BCUT2D eigenvalue weighted by Gasteiger charge is 2.12. The van der Waals surface area contributed by atoms with Crippen molar-refractivity contribution in [2.24, 2.45) is 0 Å². The monoisotopic (exact) mass is 354 g/mol. The molecule has 126 valence electrons. The van der Waals surface area contributed by atoms with E-state index in [9.17, 15) is 4.21 Å². The van der Waals surface area contributed by atoms with Crippen LogP contribution < -0.4 is 4.18 Å². The molecule has 0 spiro atoms. The van der Waals surface area contributed by atoms with Gasteiger partial charge in [-0.15, -0.1) is 10.2 Å². The maximum Gasteiger partial charge on any atom is 0.247 e. The molecule has 4 rings (SSSR count). The first-order valence-electron chi connectivity index (χ1n) is 7.54. The van der Waals surface area contributed by atoms with Crippen LogP contribution in [0.25, 0.3) is 33.6 Å². The third-order valence-electron chi connectivity index (χ3n) is 3.73. The van der Waals surface area contributed by atoms with Gasteiger partial charge in [0, 0.05) is 29.7 Å². The Bertz CT molecular complexity index is 1070. The molecular weight excluding hydrogens is 340 g/mol. The van der Waals surface area contributed by atoms with E-state index in [4.69, 9.17) is 13.0 Å². The van der Waals surface area contributed by atoms with Gasteiger partial charge in [-0.1, -0.05) is 12.1 Å². The molecule has 0 aliphatic heterocycles. The van der Waals surface area contributed by atoms with Crippen LogP contribution in [-0.2, 0) is 11.1 Å². The zero-order valence-corrected chi connectivity index (χ0v) is 14.4. The van der Waals surface area contributed by atoms with Crippen molar-refractivity contribution in [1.29, 1.82) is 0 Å². The topological polar surface area (TPSA) is 78.4 Å². The molecule has 4 aromatic rings. The number of nitrogens with zero attached hydrogens (tertiary/aromatic N) is 2. The zero-order chi connectivity index (χ0) is 17.4. The molecule has 1 unspecified atom stereocenters. The molecule has 6 nitrogen and oxygen atoms in total. The molecule has 2 aromatic carbocycles. The fourth-order valence-electron chi connectivity index (χ4n) is 2.62. The van der Waals surface area contributed by atoms with E-state index in [-0.39, 0.29) is 0 Å². The molecule has 0 fully saturated rings. The van der Waals surface area contributed by atoms with Gasteiger partial charge in [-0.2, -0.15) is 0 Å². The summed E-state index contributed by atoms with van der Waals surface area (Å²) in [5, 5.41) is 8.87. The second-order valence-corrected chi connectivity index (χ2v) is 6.47. The van der Waals surface area contributed by atoms with E-state index < -0.39 is 11.1 Å². The predicted octanol–water partition coefficient (Wildman–Crippen LogP) is 4.13. The van der Waals surface area contributed by atoms with Crippen molar-refractivity contribution in [3.63, 3.8) is 0 Å².